The molecule has 2 heterocycles. The molecule has 0 radical (unpaired) electrons. The highest BCUT2D eigenvalue weighted by Crippen LogP contribution is 2.42. The summed E-state index contributed by atoms with van der Waals surface area (Å²) in [4.78, 5) is 0. The third-order valence-electron chi connectivity index (χ3n) is 4.53. The van der Waals surface area contributed by atoms with Gasteiger partial charge in [-0.05, 0) is 38.8 Å². The topological polar surface area (TPSA) is 0 Å². The van der Waals surface area contributed by atoms with Gasteiger partial charge >= 0.3 is 0 Å². The molecular weight excluding hydrogens is 252 g/mol. The lowest BCUT2D eigenvalue weighted by molar-refractivity contribution is 0.932. The van der Waals surface area contributed by atoms with Crippen molar-refractivity contribution in [3.63, 3.8) is 0 Å². The van der Waals surface area contributed by atoms with Gasteiger partial charge in [-0.1, -0.05) is 52.0 Å². The second kappa shape index (κ2) is 4.07. The number of rotatable bonds is 2. The molecule has 0 atom stereocenters. The smallest absolute Gasteiger partial charge is 0.137 e. The molecule has 0 saturated heterocycles. The van der Waals surface area contributed by atoms with Gasteiger partial charge in [-0.3, -0.25) is 0 Å². The summed E-state index contributed by atoms with van der Waals surface area (Å²) in [5, 5.41) is 3.96. The zero-order chi connectivity index (χ0) is 12.9. The SMILES string of the molecule is CC(C)[Si]1(C(C)C)c2ccccc2-c2ccsc21. The third-order valence-corrected chi connectivity index (χ3v) is 12.6. The minimum Gasteiger partial charge on any atom is -0.152 e. The first-order chi connectivity index (χ1) is 8.60. The van der Waals surface area contributed by atoms with Gasteiger partial charge in [0.15, 0.2) is 0 Å². The summed E-state index contributed by atoms with van der Waals surface area (Å²) in [5.74, 6) is 0. The van der Waals surface area contributed by atoms with E-state index in [1.54, 1.807) is 9.69 Å². The van der Waals surface area contributed by atoms with Crippen molar-refractivity contribution < 1.29 is 0 Å². The van der Waals surface area contributed by atoms with Crippen molar-refractivity contribution >= 4 is 29.1 Å². The molecule has 0 spiro atoms. The Morgan fingerprint density at radius 2 is 1.56 bits per heavy atom. The van der Waals surface area contributed by atoms with Crippen molar-refractivity contribution in [2.45, 2.75) is 38.8 Å². The monoisotopic (exact) mass is 272 g/mol. The van der Waals surface area contributed by atoms with Gasteiger partial charge < -0.3 is 0 Å². The van der Waals surface area contributed by atoms with E-state index in [0.717, 1.165) is 11.1 Å². The van der Waals surface area contributed by atoms with Crippen molar-refractivity contribution in [2.24, 2.45) is 0 Å². The van der Waals surface area contributed by atoms with Crippen LogP contribution in [0, 0.1) is 0 Å². The molecule has 2 aromatic rings. The summed E-state index contributed by atoms with van der Waals surface area (Å²) >= 11 is 1.99. The van der Waals surface area contributed by atoms with E-state index in [0.29, 0.717) is 0 Å². The minimum absolute atomic E-state index is 0.763. The lowest BCUT2D eigenvalue weighted by Gasteiger charge is -2.36. The Hall–Kier alpha value is -0.863. The minimum atomic E-state index is -1.56. The average molecular weight is 272 g/mol. The molecule has 2 heteroatoms. The van der Waals surface area contributed by atoms with Crippen molar-refractivity contribution in [2.75, 3.05) is 0 Å². The van der Waals surface area contributed by atoms with Gasteiger partial charge in [0, 0.05) is 4.50 Å². The van der Waals surface area contributed by atoms with Gasteiger partial charge in [-0.25, -0.2) is 0 Å². The zero-order valence-corrected chi connectivity index (χ0v) is 13.3. The first-order valence-corrected chi connectivity index (χ1v) is 9.81. The van der Waals surface area contributed by atoms with Gasteiger partial charge in [0.05, 0.1) is 0 Å². The Bertz CT molecular complexity index is 572. The number of benzene rings is 1. The first-order valence-electron chi connectivity index (χ1n) is 6.78. The van der Waals surface area contributed by atoms with E-state index in [-0.39, 0.29) is 0 Å². The van der Waals surface area contributed by atoms with Gasteiger partial charge in [0.1, 0.15) is 8.07 Å². The normalized spacial score (nSPS) is 16.1. The fourth-order valence-electron chi connectivity index (χ4n) is 3.86. The highest BCUT2D eigenvalue weighted by Gasteiger charge is 2.50. The number of hydrogen-bond acceptors (Lipinski definition) is 1. The van der Waals surface area contributed by atoms with E-state index in [4.69, 9.17) is 0 Å². The molecule has 0 nitrogen and oxygen atoms in total. The maximum atomic E-state index is 2.43. The standard InChI is InChI=1S/C16H20SSi/c1-11(2)18(12(3)4)15-8-6-5-7-13(15)14-9-10-17-16(14)18/h5-12H,1-4H3. The zero-order valence-electron chi connectivity index (χ0n) is 11.5. The summed E-state index contributed by atoms with van der Waals surface area (Å²) in [6, 6.07) is 11.5. The maximum Gasteiger partial charge on any atom is 0.137 e. The molecule has 0 bridgehead atoms. The Kier molecular flexibility index (Phi) is 2.76. The third kappa shape index (κ3) is 1.31. The Morgan fingerprint density at radius 3 is 2.22 bits per heavy atom. The van der Waals surface area contributed by atoms with Crippen LogP contribution in [0.15, 0.2) is 35.7 Å². The molecule has 1 aromatic carbocycles. The Balaban J connectivity index is 2.40. The van der Waals surface area contributed by atoms with Crippen LogP contribution in [0.3, 0.4) is 0 Å². The molecule has 0 N–H and O–H groups in total. The van der Waals surface area contributed by atoms with E-state index in [9.17, 15) is 0 Å². The van der Waals surface area contributed by atoms with E-state index in [1.165, 1.54) is 11.1 Å². The summed E-state index contributed by atoms with van der Waals surface area (Å²) < 4.78 is 1.72. The summed E-state index contributed by atoms with van der Waals surface area (Å²) in [6.07, 6.45) is 0. The van der Waals surface area contributed by atoms with E-state index in [1.807, 2.05) is 11.3 Å². The molecule has 18 heavy (non-hydrogen) atoms. The molecule has 1 aliphatic heterocycles. The fraction of sp³-hybridized carbons (Fsp3) is 0.375. The molecule has 0 aliphatic carbocycles. The van der Waals surface area contributed by atoms with Crippen LogP contribution in [0.1, 0.15) is 27.7 Å². The number of hydrogen-bond donors (Lipinski definition) is 0. The Labute approximate surface area is 115 Å². The van der Waals surface area contributed by atoms with Crippen LogP contribution in [0.25, 0.3) is 11.1 Å². The van der Waals surface area contributed by atoms with Crippen LogP contribution in [0.2, 0.25) is 11.1 Å². The van der Waals surface area contributed by atoms with Crippen LogP contribution in [-0.4, -0.2) is 8.07 Å². The predicted octanol–water partition coefficient (Wildman–Crippen LogP) is 4.11. The molecule has 0 unspecified atom stereocenters. The molecule has 94 valence electrons. The van der Waals surface area contributed by atoms with Crippen LogP contribution in [0.5, 0.6) is 0 Å². The second-order valence-corrected chi connectivity index (χ2v) is 12.3. The summed E-state index contributed by atoms with van der Waals surface area (Å²) in [5.41, 5.74) is 4.57. The van der Waals surface area contributed by atoms with E-state index in [2.05, 4.69) is 63.4 Å². The average Bonchev–Trinajstić information content (AvgIpc) is 2.86. The molecule has 1 aliphatic rings. The fourth-order valence-corrected chi connectivity index (χ4v) is 12.8. The van der Waals surface area contributed by atoms with E-state index < -0.39 is 8.07 Å². The van der Waals surface area contributed by atoms with Crippen molar-refractivity contribution in [1.29, 1.82) is 0 Å². The van der Waals surface area contributed by atoms with Gasteiger partial charge in [-0.2, -0.15) is 11.3 Å². The number of thiophene rings is 1. The summed E-state index contributed by atoms with van der Waals surface area (Å²) in [6.45, 7) is 9.71. The lowest BCUT2D eigenvalue weighted by atomic mass is 10.1. The molecule has 0 fully saturated rings. The number of fused-ring (bicyclic) bond motifs is 3. The van der Waals surface area contributed by atoms with Crippen molar-refractivity contribution in [1.82, 2.24) is 0 Å². The quantitative estimate of drug-likeness (QED) is 0.722. The largest absolute Gasteiger partial charge is 0.152 e. The van der Waals surface area contributed by atoms with Gasteiger partial charge in [-0.15, -0.1) is 0 Å². The predicted molar refractivity (Wildman–Crippen MR) is 85.0 cm³/mol. The van der Waals surface area contributed by atoms with Crippen molar-refractivity contribution in [3.8, 4) is 11.1 Å². The summed E-state index contributed by atoms with van der Waals surface area (Å²) in [7, 11) is -1.56. The van der Waals surface area contributed by atoms with Crippen LogP contribution in [0.4, 0.5) is 0 Å². The van der Waals surface area contributed by atoms with E-state index >= 15 is 0 Å². The lowest BCUT2D eigenvalue weighted by Crippen LogP contribution is -2.59. The van der Waals surface area contributed by atoms with Gasteiger partial charge in [0.2, 0.25) is 0 Å². The van der Waals surface area contributed by atoms with Gasteiger partial charge in [0.25, 0.3) is 0 Å². The molecule has 0 amide bonds. The first kappa shape index (κ1) is 12.2. The van der Waals surface area contributed by atoms with Crippen LogP contribution < -0.4 is 9.69 Å². The van der Waals surface area contributed by atoms with Crippen molar-refractivity contribution in [3.05, 3.63) is 35.7 Å². The molecule has 1 aromatic heterocycles. The molecule has 0 saturated carbocycles. The van der Waals surface area contributed by atoms with Crippen LogP contribution in [-0.2, 0) is 0 Å². The highest BCUT2D eigenvalue weighted by molar-refractivity contribution is 7.31. The highest BCUT2D eigenvalue weighted by atomic mass is 32.1. The Morgan fingerprint density at radius 1 is 0.889 bits per heavy atom. The molecule has 3 rings (SSSR count). The second-order valence-electron chi connectivity index (χ2n) is 5.89. The molecular formula is C16H20SSi. The van der Waals surface area contributed by atoms with Crippen LogP contribution >= 0.6 is 11.3 Å². The maximum absolute atomic E-state index is 2.43.